The second-order valence-corrected chi connectivity index (χ2v) is 9.89. The molecular formula is C23H18N6O4S2. The Morgan fingerprint density at radius 3 is 2.60 bits per heavy atom. The normalized spacial score (nSPS) is 11.5. The molecule has 0 radical (unpaired) electrons. The van der Waals surface area contributed by atoms with Crippen LogP contribution in [0, 0.1) is 0 Å². The van der Waals surface area contributed by atoms with Crippen LogP contribution in [-0.2, 0) is 10.0 Å². The Kier molecular flexibility index (Phi) is 5.76. The summed E-state index contributed by atoms with van der Waals surface area (Å²) in [4.78, 5) is 27.2. The quantitative estimate of drug-likeness (QED) is 0.357. The number of sulfonamides is 1. The lowest BCUT2D eigenvalue weighted by Crippen LogP contribution is -2.12. The maximum Gasteiger partial charge on any atom is 0.258 e. The highest BCUT2D eigenvalue weighted by atomic mass is 32.2. The van der Waals surface area contributed by atoms with Crippen molar-refractivity contribution in [3.8, 4) is 27.6 Å². The molecule has 0 saturated carbocycles. The number of primary sulfonamides is 1. The van der Waals surface area contributed by atoms with E-state index in [2.05, 4.69) is 20.3 Å². The van der Waals surface area contributed by atoms with Gasteiger partial charge in [-0.15, -0.1) is 0 Å². The van der Waals surface area contributed by atoms with Gasteiger partial charge in [0, 0.05) is 23.5 Å². The number of hydrogen-bond acceptors (Lipinski definition) is 9. The highest BCUT2D eigenvalue weighted by molar-refractivity contribution is 7.89. The zero-order chi connectivity index (χ0) is 24.6. The van der Waals surface area contributed by atoms with Gasteiger partial charge in [0.05, 0.1) is 28.8 Å². The molecule has 3 aromatic heterocycles. The van der Waals surface area contributed by atoms with Gasteiger partial charge < -0.3 is 10.1 Å². The molecule has 5 aromatic rings. The Hall–Kier alpha value is -4.13. The largest absolute Gasteiger partial charge is 0.493 e. The van der Waals surface area contributed by atoms with Crippen molar-refractivity contribution < 1.29 is 13.2 Å². The summed E-state index contributed by atoms with van der Waals surface area (Å²) in [6, 6.07) is 16.9. The molecule has 0 unspecified atom stereocenters. The Morgan fingerprint density at radius 2 is 1.86 bits per heavy atom. The zero-order valence-corrected chi connectivity index (χ0v) is 19.9. The number of nitrogens with zero attached hydrogens (tertiary/aromatic N) is 4. The summed E-state index contributed by atoms with van der Waals surface area (Å²) in [5, 5.41) is 8.25. The molecule has 0 saturated heterocycles. The van der Waals surface area contributed by atoms with Crippen molar-refractivity contribution in [1.82, 2.24) is 19.4 Å². The second-order valence-electron chi connectivity index (χ2n) is 7.36. The van der Waals surface area contributed by atoms with Crippen molar-refractivity contribution in [2.75, 3.05) is 12.4 Å². The Bertz CT molecular complexity index is 1720. The van der Waals surface area contributed by atoms with Crippen molar-refractivity contribution in [1.29, 1.82) is 0 Å². The summed E-state index contributed by atoms with van der Waals surface area (Å²) in [6.07, 6.45) is 2.97. The first-order chi connectivity index (χ1) is 16.8. The van der Waals surface area contributed by atoms with Crippen LogP contribution in [0.1, 0.15) is 0 Å². The predicted molar refractivity (Wildman–Crippen MR) is 133 cm³/mol. The summed E-state index contributed by atoms with van der Waals surface area (Å²) in [7, 11) is -2.37. The molecular weight excluding hydrogens is 488 g/mol. The first kappa shape index (κ1) is 22.7. The van der Waals surface area contributed by atoms with E-state index in [-0.39, 0.29) is 16.4 Å². The lowest BCUT2D eigenvalue weighted by molar-refractivity contribution is 0.413. The fourth-order valence-electron chi connectivity index (χ4n) is 3.55. The first-order valence-corrected chi connectivity index (χ1v) is 12.6. The standard InChI is InChI=1S/C23H18N6O4S2/c1-33-17-13-26-22(27-15-8-5-9-16(12-15)35(24,31)32)28-19(17)21-20(14-6-3-2-4-7-14)29-18(30)10-11-25-23(29)34-21/h2-13H,1H3,(H2,24,31,32)(H,26,27,28). The van der Waals surface area contributed by atoms with Crippen molar-refractivity contribution in [2.24, 2.45) is 5.14 Å². The lowest BCUT2D eigenvalue weighted by Gasteiger charge is -2.11. The number of nitrogens with two attached hydrogens (primary N) is 1. The average Bonchev–Trinajstić information content (AvgIpc) is 3.25. The van der Waals surface area contributed by atoms with Crippen molar-refractivity contribution in [3.05, 3.63) is 83.4 Å². The molecule has 3 N–H and O–H groups in total. The second kappa shape index (κ2) is 8.91. The summed E-state index contributed by atoms with van der Waals surface area (Å²) < 4.78 is 30.5. The van der Waals surface area contributed by atoms with Crippen LogP contribution in [-0.4, -0.2) is 34.9 Å². The number of nitrogens with one attached hydrogen (secondary N) is 1. The van der Waals surface area contributed by atoms with Gasteiger partial charge >= 0.3 is 0 Å². The monoisotopic (exact) mass is 506 g/mol. The molecule has 0 aliphatic carbocycles. The van der Waals surface area contributed by atoms with Gasteiger partial charge in [0.25, 0.3) is 5.56 Å². The molecule has 2 aromatic carbocycles. The van der Waals surface area contributed by atoms with Gasteiger partial charge in [-0.1, -0.05) is 47.7 Å². The van der Waals surface area contributed by atoms with E-state index in [0.717, 1.165) is 5.56 Å². The van der Waals surface area contributed by atoms with E-state index in [0.29, 0.717) is 32.7 Å². The zero-order valence-electron chi connectivity index (χ0n) is 18.2. The van der Waals surface area contributed by atoms with Crippen molar-refractivity contribution >= 4 is 38.0 Å². The number of hydrogen-bond donors (Lipinski definition) is 2. The molecule has 0 fully saturated rings. The van der Waals surface area contributed by atoms with E-state index >= 15 is 0 Å². The predicted octanol–water partition coefficient (Wildman–Crippen LogP) is 3.28. The number of fused-ring (bicyclic) bond motifs is 1. The molecule has 3 heterocycles. The molecule has 35 heavy (non-hydrogen) atoms. The average molecular weight is 507 g/mol. The minimum atomic E-state index is -3.87. The van der Waals surface area contributed by atoms with E-state index in [9.17, 15) is 13.2 Å². The Morgan fingerprint density at radius 1 is 1.06 bits per heavy atom. The number of anilines is 2. The van der Waals surface area contributed by atoms with Gasteiger partial charge in [0.1, 0.15) is 5.69 Å². The summed E-state index contributed by atoms with van der Waals surface area (Å²) in [5.74, 6) is 0.592. The first-order valence-electron chi connectivity index (χ1n) is 10.2. The van der Waals surface area contributed by atoms with Crippen LogP contribution in [0.25, 0.3) is 26.8 Å². The number of methoxy groups -OCH3 is 1. The van der Waals surface area contributed by atoms with Gasteiger partial charge in [0.15, 0.2) is 10.7 Å². The van der Waals surface area contributed by atoms with Gasteiger partial charge in [-0.3, -0.25) is 9.20 Å². The molecule has 12 heteroatoms. The van der Waals surface area contributed by atoms with Crippen LogP contribution in [0.3, 0.4) is 0 Å². The molecule has 0 aliphatic heterocycles. The summed E-state index contributed by atoms with van der Waals surface area (Å²) >= 11 is 1.29. The summed E-state index contributed by atoms with van der Waals surface area (Å²) in [5.41, 5.74) is 2.09. The smallest absolute Gasteiger partial charge is 0.258 e. The molecule has 0 bridgehead atoms. The number of ether oxygens (including phenoxy) is 1. The lowest BCUT2D eigenvalue weighted by atomic mass is 10.1. The van der Waals surface area contributed by atoms with Crippen LogP contribution < -0.4 is 20.8 Å². The molecule has 0 atom stereocenters. The third-order valence-corrected chi connectivity index (χ3v) is 7.07. The highest BCUT2D eigenvalue weighted by Gasteiger charge is 2.22. The molecule has 0 spiro atoms. The van der Waals surface area contributed by atoms with Gasteiger partial charge in [-0.05, 0) is 18.2 Å². The molecule has 5 rings (SSSR count). The van der Waals surface area contributed by atoms with E-state index in [1.165, 1.54) is 49.0 Å². The number of aromatic nitrogens is 4. The topological polar surface area (TPSA) is 142 Å². The molecule has 10 nitrogen and oxygen atoms in total. The number of thiazole rings is 1. The highest BCUT2D eigenvalue weighted by Crippen LogP contribution is 2.41. The molecule has 0 aliphatic rings. The van der Waals surface area contributed by atoms with E-state index in [4.69, 9.17) is 9.88 Å². The van der Waals surface area contributed by atoms with Crippen LogP contribution >= 0.6 is 11.3 Å². The van der Waals surface area contributed by atoms with Crippen molar-refractivity contribution in [3.63, 3.8) is 0 Å². The van der Waals surface area contributed by atoms with Crippen molar-refractivity contribution in [2.45, 2.75) is 4.90 Å². The van der Waals surface area contributed by atoms with E-state index < -0.39 is 10.0 Å². The van der Waals surface area contributed by atoms with Gasteiger partial charge in [-0.25, -0.2) is 28.5 Å². The fourth-order valence-corrected chi connectivity index (χ4v) is 5.23. The van der Waals surface area contributed by atoms with Gasteiger partial charge in [-0.2, -0.15) is 0 Å². The van der Waals surface area contributed by atoms with Crippen LogP contribution in [0.5, 0.6) is 5.75 Å². The molecule has 0 amide bonds. The minimum absolute atomic E-state index is 0.0439. The number of benzene rings is 2. The van der Waals surface area contributed by atoms with Gasteiger partial charge in [0.2, 0.25) is 16.0 Å². The third-order valence-electron chi connectivity index (χ3n) is 5.10. The SMILES string of the molecule is COc1cnc(Nc2cccc(S(N)(=O)=O)c2)nc1-c1sc2nccc(=O)n2c1-c1ccccc1. The fraction of sp³-hybridized carbons (Fsp3) is 0.0435. The van der Waals surface area contributed by atoms with E-state index in [1.807, 2.05) is 30.3 Å². The van der Waals surface area contributed by atoms with E-state index in [1.54, 1.807) is 16.5 Å². The van der Waals surface area contributed by atoms with Crippen LogP contribution in [0.15, 0.2) is 82.7 Å². The molecule has 176 valence electrons. The number of rotatable bonds is 6. The van der Waals surface area contributed by atoms with Crippen LogP contribution in [0.4, 0.5) is 11.6 Å². The Balaban J connectivity index is 1.69. The summed E-state index contributed by atoms with van der Waals surface area (Å²) in [6.45, 7) is 0. The third kappa shape index (κ3) is 4.37. The Labute approximate surface area is 203 Å². The maximum absolute atomic E-state index is 12.8. The maximum atomic E-state index is 12.8. The van der Waals surface area contributed by atoms with Crippen LogP contribution in [0.2, 0.25) is 0 Å². The minimum Gasteiger partial charge on any atom is -0.493 e.